The van der Waals surface area contributed by atoms with E-state index in [2.05, 4.69) is 4.72 Å². The van der Waals surface area contributed by atoms with E-state index in [1.165, 1.54) is 20.2 Å². The van der Waals surface area contributed by atoms with Gasteiger partial charge in [0.1, 0.15) is 5.75 Å². The molecular formula is C19H26N2O5S2. The molecule has 0 aliphatic rings. The van der Waals surface area contributed by atoms with Gasteiger partial charge >= 0.3 is 0 Å². The quantitative estimate of drug-likeness (QED) is 0.716. The molecule has 154 valence electrons. The predicted octanol–water partition coefficient (Wildman–Crippen LogP) is 2.99. The number of nitrogens with one attached hydrogen (secondary N) is 1. The highest BCUT2D eigenvalue weighted by molar-refractivity contribution is 7.93. The summed E-state index contributed by atoms with van der Waals surface area (Å²) in [7, 11) is -5.10. The van der Waals surface area contributed by atoms with E-state index >= 15 is 0 Å². The largest absolute Gasteiger partial charge is 0.506 e. The maximum atomic E-state index is 13.1. The number of hydrogen-bond acceptors (Lipinski definition) is 5. The van der Waals surface area contributed by atoms with Crippen molar-refractivity contribution < 1.29 is 21.9 Å². The van der Waals surface area contributed by atoms with Crippen LogP contribution in [-0.2, 0) is 20.0 Å². The van der Waals surface area contributed by atoms with Gasteiger partial charge in [0.2, 0.25) is 10.0 Å². The van der Waals surface area contributed by atoms with E-state index in [9.17, 15) is 21.9 Å². The van der Waals surface area contributed by atoms with Gasteiger partial charge < -0.3 is 5.11 Å². The van der Waals surface area contributed by atoms with E-state index < -0.39 is 20.0 Å². The van der Waals surface area contributed by atoms with E-state index in [-0.39, 0.29) is 21.2 Å². The fourth-order valence-corrected chi connectivity index (χ4v) is 5.63. The first-order chi connectivity index (χ1) is 12.7. The maximum Gasteiger partial charge on any atom is 0.262 e. The number of sulfonamides is 2. The molecule has 0 amide bonds. The first kappa shape index (κ1) is 22.2. The van der Waals surface area contributed by atoms with Gasteiger partial charge in [-0.15, -0.1) is 0 Å². The second kappa shape index (κ2) is 7.38. The average molecular weight is 427 g/mol. The van der Waals surface area contributed by atoms with Gasteiger partial charge in [-0.25, -0.2) is 21.1 Å². The van der Waals surface area contributed by atoms with Crippen LogP contribution >= 0.6 is 0 Å². The minimum atomic E-state index is -4.06. The third-order valence-electron chi connectivity index (χ3n) is 5.19. The molecule has 0 aliphatic carbocycles. The Morgan fingerprint density at radius 1 is 0.821 bits per heavy atom. The van der Waals surface area contributed by atoms with E-state index in [0.717, 1.165) is 33.1 Å². The molecule has 0 aliphatic heterocycles. The number of anilines is 1. The molecule has 0 saturated carbocycles. The summed E-state index contributed by atoms with van der Waals surface area (Å²) in [4.78, 5) is 0.00563. The van der Waals surface area contributed by atoms with Crippen LogP contribution in [0.3, 0.4) is 0 Å². The number of phenols is 1. The topological polar surface area (TPSA) is 104 Å². The van der Waals surface area contributed by atoms with Crippen molar-refractivity contribution in [2.45, 2.75) is 44.4 Å². The Bertz CT molecular complexity index is 1120. The summed E-state index contributed by atoms with van der Waals surface area (Å²) in [6.07, 6.45) is 0. The van der Waals surface area contributed by atoms with Crippen molar-refractivity contribution in [1.82, 2.24) is 4.31 Å². The predicted molar refractivity (Wildman–Crippen MR) is 110 cm³/mol. The van der Waals surface area contributed by atoms with Gasteiger partial charge in [-0.2, -0.15) is 0 Å². The van der Waals surface area contributed by atoms with Gasteiger partial charge in [0, 0.05) is 14.1 Å². The maximum absolute atomic E-state index is 13.1. The van der Waals surface area contributed by atoms with Crippen molar-refractivity contribution in [3.63, 3.8) is 0 Å². The smallest absolute Gasteiger partial charge is 0.262 e. The monoisotopic (exact) mass is 426 g/mol. The van der Waals surface area contributed by atoms with Crippen LogP contribution in [0.2, 0.25) is 0 Å². The Morgan fingerprint density at radius 3 is 1.75 bits per heavy atom. The Labute approximate surface area is 167 Å². The van der Waals surface area contributed by atoms with E-state index in [1.54, 1.807) is 13.8 Å². The summed E-state index contributed by atoms with van der Waals surface area (Å²) >= 11 is 0. The van der Waals surface area contributed by atoms with Gasteiger partial charge in [-0.1, -0.05) is 0 Å². The summed E-state index contributed by atoms with van der Waals surface area (Å²) in [6.45, 7) is 9.12. The number of hydrogen-bond donors (Lipinski definition) is 2. The molecule has 2 aromatic rings. The highest BCUT2D eigenvalue weighted by atomic mass is 32.2. The Kier molecular flexibility index (Phi) is 5.85. The Balaban J connectivity index is 2.64. The molecule has 0 heterocycles. The minimum absolute atomic E-state index is 0.127. The van der Waals surface area contributed by atoms with Crippen molar-refractivity contribution in [2.75, 3.05) is 18.8 Å². The lowest BCUT2D eigenvalue weighted by molar-refractivity contribution is 0.476. The van der Waals surface area contributed by atoms with Crippen LogP contribution in [0.1, 0.15) is 27.8 Å². The SMILES string of the molecule is Cc1c(C)c(C)c(S(=O)(=O)Nc2cc(S(=O)(=O)N(C)C)ccc2O)c(C)c1C. The van der Waals surface area contributed by atoms with Gasteiger partial charge in [0.25, 0.3) is 10.0 Å². The van der Waals surface area contributed by atoms with E-state index in [4.69, 9.17) is 0 Å². The average Bonchev–Trinajstić information content (AvgIpc) is 2.59. The van der Waals surface area contributed by atoms with Crippen molar-refractivity contribution in [1.29, 1.82) is 0 Å². The molecule has 2 rings (SSSR count). The van der Waals surface area contributed by atoms with Crippen LogP contribution in [0.4, 0.5) is 5.69 Å². The highest BCUT2D eigenvalue weighted by Crippen LogP contribution is 2.33. The number of nitrogens with zero attached hydrogens (tertiary/aromatic N) is 1. The van der Waals surface area contributed by atoms with Gasteiger partial charge in [0.15, 0.2) is 0 Å². The number of phenolic OH excluding ortho intramolecular Hbond substituents is 1. The highest BCUT2D eigenvalue weighted by Gasteiger charge is 2.26. The molecule has 0 spiro atoms. The first-order valence-electron chi connectivity index (χ1n) is 8.57. The Hall–Kier alpha value is -2.10. The van der Waals surface area contributed by atoms with Crippen molar-refractivity contribution in [3.8, 4) is 5.75 Å². The molecule has 2 N–H and O–H groups in total. The van der Waals surface area contributed by atoms with Crippen LogP contribution in [0.5, 0.6) is 5.75 Å². The fraction of sp³-hybridized carbons (Fsp3) is 0.368. The van der Waals surface area contributed by atoms with E-state index in [1.807, 2.05) is 20.8 Å². The second-order valence-corrected chi connectivity index (χ2v) is 10.8. The molecule has 2 aromatic carbocycles. The molecule has 0 fully saturated rings. The third-order valence-corrected chi connectivity index (χ3v) is 8.64. The van der Waals surface area contributed by atoms with Gasteiger partial charge in [-0.05, 0) is 80.6 Å². The zero-order chi connectivity index (χ0) is 21.6. The molecule has 7 nitrogen and oxygen atoms in total. The number of rotatable bonds is 5. The van der Waals surface area contributed by atoms with Crippen LogP contribution in [0.25, 0.3) is 0 Å². The molecule has 0 saturated heterocycles. The minimum Gasteiger partial charge on any atom is -0.506 e. The van der Waals surface area contributed by atoms with Gasteiger partial charge in [-0.3, -0.25) is 4.72 Å². The first-order valence-corrected chi connectivity index (χ1v) is 11.5. The zero-order valence-corrected chi connectivity index (χ0v) is 18.7. The molecule has 0 aromatic heterocycles. The second-order valence-electron chi connectivity index (χ2n) is 7.03. The molecule has 0 bridgehead atoms. The van der Waals surface area contributed by atoms with E-state index in [0.29, 0.717) is 11.1 Å². The van der Waals surface area contributed by atoms with Crippen molar-refractivity contribution >= 4 is 25.7 Å². The van der Waals surface area contributed by atoms with Crippen LogP contribution in [0, 0.1) is 34.6 Å². The van der Waals surface area contributed by atoms with Crippen molar-refractivity contribution in [2.24, 2.45) is 0 Å². The summed E-state index contributed by atoms with van der Waals surface area (Å²) in [5.74, 6) is -0.364. The molecule has 0 radical (unpaired) electrons. The number of benzene rings is 2. The summed E-state index contributed by atoms with van der Waals surface area (Å²) < 4.78 is 54.3. The fourth-order valence-electron chi connectivity index (χ4n) is 3.03. The number of aromatic hydroxyl groups is 1. The zero-order valence-electron chi connectivity index (χ0n) is 17.1. The molecular weight excluding hydrogens is 400 g/mol. The normalized spacial score (nSPS) is 12.4. The van der Waals surface area contributed by atoms with Crippen LogP contribution in [0.15, 0.2) is 28.0 Å². The molecule has 9 heteroatoms. The lowest BCUT2D eigenvalue weighted by Crippen LogP contribution is -2.22. The van der Waals surface area contributed by atoms with Crippen LogP contribution in [-0.4, -0.2) is 40.3 Å². The molecule has 0 atom stereocenters. The van der Waals surface area contributed by atoms with Gasteiger partial charge in [0.05, 0.1) is 15.5 Å². The molecule has 0 unspecified atom stereocenters. The summed E-state index contributed by atoms with van der Waals surface area (Å²) in [5.41, 5.74) is 3.80. The lowest BCUT2D eigenvalue weighted by atomic mass is 9.95. The third kappa shape index (κ3) is 3.74. The summed E-state index contributed by atoms with van der Waals surface area (Å²) in [5, 5.41) is 10.1. The summed E-state index contributed by atoms with van der Waals surface area (Å²) in [6, 6.07) is 3.49. The standard InChI is InChI=1S/C19H26N2O5S2/c1-11-12(2)14(4)19(15(5)13(11)3)27(23,24)20-17-10-16(8-9-18(17)22)28(25,26)21(6)7/h8-10,20,22H,1-7H3. The molecule has 28 heavy (non-hydrogen) atoms. The Morgan fingerprint density at radius 2 is 1.29 bits per heavy atom. The van der Waals surface area contributed by atoms with Crippen molar-refractivity contribution in [3.05, 3.63) is 46.0 Å². The lowest BCUT2D eigenvalue weighted by Gasteiger charge is -2.20. The van der Waals surface area contributed by atoms with Crippen LogP contribution < -0.4 is 4.72 Å².